The zero-order valence-corrected chi connectivity index (χ0v) is 14.1. The summed E-state index contributed by atoms with van der Waals surface area (Å²) in [7, 11) is 0. The second-order valence-electron chi connectivity index (χ2n) is 5.44. The number of fused-ring (bicyclic) bond motifs is 1. The van der Waals surface area contributed by atoms with E-state index in [-0.39, 0.29) is 0 Å². The fourth-order valence-corrected chi connectivity index (χ4v) is 3.69. The lowest BCUT2D eigenvalue weighted by molar-refractivity contribution is 1.03. The van der Waals surface area contributed by atoms with E-state index in [2.05, 4.69) is 67.1 Å². The van der Waals surface area contributed by atoms with Gasteiger partial charge in [0.2, 0.25) is 0 Å². The number of benzene rings is 2. The molecule has 0 aliphatic heterocycles. The van der Waals surface area contributed by atoms with Gasteiger partial charge in [-0.1, -0.05) is 43.3 Å². The van der Waals surface area contributed by atoms with Gasteiger partial charge in [0, 0.05) is 10.3 Å². The molecule has 3 aromatic rings. The van der Waals surface area contributed by atoms with Gasteiger partial charge in [-0.3, -0.25) is 0 Å². The first kappa shape index (κ1) is 15.0. The third kappa shape index (κ3) is 3.00. The van der Waals surface area contributed by atoms with Crippen molar-refractivity contribution in [2.45, 2.75) is 43.5 Å². The fourth-order valence-electron chi connectivity index (χ4n) is 2.70. The van der Waals surface area contributed by atoms with Gasteiger partial charge in [-0.05, 0) is 55.2 Å². The van der Waals surface area contributed by atoms with Crippen LogP contribution in [0.5, 0.6) is 0 Å². The summed E-state index contributed by atoms with van der Waals surface area (Å²) in [6, 6.07) is 13.0. The molecule has 0 amide bonds. The predicted molar refractivity (Wildman–Crippen MR) is 93.6 cm³/mol. The van der Waals surface area contributed by atoms with Gasteiger partial charge in [-0.25, -0.2) is 9.97 Å². The van der Waals surface area contributed by atoms with E-state index in [0.29, 0.717) is 0 Å². The Morgan fingerprint density at radius 1 is 0.955 bits per heavy atom. The van der Waals surface area contributed by atoms with Crippen LogP contribution in [0.4, 0.5) is 0 Å². The lowest BCUT2D eigenvalue weighted by atomic mass is 10.0. The summed E-state index contributed by atoms with van der Waals surface area (Å²) in [6.07, 6.45) is 3.76. The van der Waals surface area contributed by atoms with Gasteiger partial charge in [0.05, 0.1) is 5.52 Å². The fraction of sp³-hybridized carbons (Fsp3) is 0.263. The van der Waals surface area contributed by atoms with Gasteiger partial charge in [-0.15, -0.1) is 0 Å². The molecule has 0 saturated heterocycles. The van der Waals surface area contributed by atoms with Crippen LogP contribution in [0.1, 0.15) is 30.5 Å². The highest BCUT2D eigenvalue weighted by molar-refractivity contribution is 7.99. The minimum atomic E-state index is 1.04. The SMILES string of the molecule is CCc1cc2ncnc(Sc3cccc(C)c3)c2cc1CC. The molecule has 2 nitrogen and oxygen atoms in total. The second kappa shape index (κ2) is 6.49. The maximum Gasteiger partial charge on any atom is 0.117 e. The van der Waals surface area contributed by atoms with E-state index in [4.69, 9.17) is 0 Å². The lowest BCUT2D eigenvalue weighted by Gasteiger charge is -2.10. The molecule has 3 rings (SSSR count). The van der Waals surface area contributed by atoms with Crippen molar-refractivity contribution in [3.8, 4) is 0 Å². The summed E-state index contributed by atoms with van der Waals surface area (Å²) in [5.74, 6) is 0. The summed E-state index contributed by atoms with van der Waals surface area (Å²) in [4.78, 5) is 10.2. The van der Waals surface area contributed by atoms with Crippen LogP contribution >= 0.6 is 11.8 Å². The molecule has 1 heterocycles. The molecule has 0 fully saturated rings. The zero-order valence-electron chi connectivity index (χ0n) is 13.3. The van der Waals surface area contributed by atoms with Gasteiger partial charge in [0.15, 0.2) is 0 Å². The Morgan fingerprint density at radius 3 is 2.45 bits per heavy atom. The van der Waals surface area contributed by atoms with Crippen LogP contribution in [-0.4, -0.2) is 9.97 Å². The number of hydrogen-bond acceptors (Lipinski definition) is 3. The number of aryl methyl sites for hydroxylation is 3. The van der Waals surface area contributed by atoms with Gasteiger partial charge in [0.25, 0.3) is 0 Å². The van der Waals surface area contributed by atoms with Crippen LogP contribution in [0.3, 0.4) is 0 Å². The van der Waals surface area contributed by atoms with Crippen molar-refractivity contribution in [3.05, 3.63) is 59.4 Å². The van der Waals surface area contributed by atoms with Crippen molar-refractivity contribution in [2.75, 3.05) is 0 Å². The van der Waals surface area contributed by atoms with Gasteiger partial charge in [-0.2, -0.15) is 0 Å². The van der Waals surface area contributed by atoms with E-state index in [1.165, 1.54) is 21.6 Å². The van der Waals surface area contributed by atoms with Crippen molar-refractivity contribution < 1.29 is 0 Å². The highest BCUT2D eigenvalue weighted by atomic mass is 32.2. The van der Waals surface area contributed by atoms with Crippen LogP contribution in [-0.2, 0) is 12.8 Å². The topological polar surface area (TPSA) is 25.8 Å². The lowest BCUT2D eigenvalue weighted by Crippen LogP contribution is -1.95. The summed E-state index contributed by atoms with van der Waals surface area (Å²) >= 11 is 1.71. The summed E-state index contributed by atoms with van der Waals surface area (Å²) in [5.41, 5.74) is 5.10. The predicted octanol–water partition coefficient (Wildman–Crippen LogP) is 5.21. The van der Waals surface area contributed by atoms with Crippen LogP contribution < -0.4 is 0 Å². The molecule has 0 atom stereocenters. The molecule has 0 N–H and O–H groups in total. The van der Waals surface area contributed by atoms with Crippen LogP contribution in [0.15, 0.2) is 52.6 Å². The molecule has 2 aromatic carbocycles. The average Bonchev–Trinajstić information content (AvgIpc) is 2.54. The van der Waals surface area contributed by atoms with E-state index in [9.17, 15) is 0 Å². The third-order valence-electron chi connectivity index (χ3n) is 3.89. The van der Waals surface area contributed by atoms with Crippen LogP contribution in [0, 0.1) is 6.92 Å². The standard InChI is InChI=1S/C19H20N2S/c1-4-14-10-17-18(11-15(14)5-2)20-12-21-19(17)22-16-8-6-7-13(3)9-16/h6-12H,4-5H2,1-3H3. The van der Waals surface area contributed by atoms with E-state index >= 15 is 0 Å². The maximum atomic E-state index is 4.51. The summed E-state index contributed by atoms with van der Waals surface area (Å²) < 4.78 is 0. The Kier molecular flexibility index (Phi) is 4.44. The van der Waals surface area contributed by atoms with Crippen molar-refractivity contribution in [1.82, 2.24) is 9.97 Å². The normalized spacial score (nSPS) is 11.0. The largest absolute Gasteiger partial charge is 0.236 e. The molecule has 0 spiro atoms. The Balaban J connectivity index is 2.09. The molecule has 22 heavy (non-hydrogen) atoms. The molecule has 0 aliphatic carbocycles. The summed E-state index contributed by atoms with van der Waals surface area (Å²) in [6.45, 7) is 6.52. The highest BCUT2D eigenvalue weighted by Gasteiger charge is 2.09. The molecule has 3 heteroatoms. The Morgan fingerprint density at radius 2 is 1.73 bits per heavy atom. The Hall–Kier alpha value is -1.87. The minimum absolute atomic E-state index is 1.04. The van der Waals surface area contributed by atoms with E-state index in [1.807, 2.05) is 0 Å². The Bertz CT molecular complexity index is 812. The van der Waals surface area contributed by atoms with E-state index < -0.39 is 0 Å². The smallest absolute Gasteiger partial charge is 0.117 e. The third-order valence-corrected chi connectivity index (χ3v) is 4.89. The monoisotopic (exact) mass is 308 g/mol. The van der Waals surface area contributed by atoms with Gasteiger partial charge < -0.3 is 0 Å². The van der Waals surface area contributed by atoms with Gasteiger partial charge in [0.1, 0.15) is 11.4 Å². The molecule has 112 valence electrons. The minimum Gasteiger partial charge on any atom is -0.236 e. The van der Waals surface area contributed by atoms with Crippen molar-refractivity contribution >= 4 is 22.7 Å². The maximum absolute atomic E-state index is 4.51. The highest BCUT2D eigenvalue weighted by Crippen LogP contribution is 2.32. The number of rotatable bonds is 4. The molecule has 0 saturated carbocycles. The van der Waals surface area contributed by atoms with Crippen LogP contribution in [0.2, 0.25) is 0 Å². The van der Waals surface area contributed by atoms with Crippen LogP contribution in [0.25, 0.3) is 10.9 Å². The van der Waals surface area contributed by atoms with Crippen molar-refractivity contribution in [2.24, 2.45) is 0 Å². The first-order valence-electron chi connectivity index (χ1n) is 7.72. The first-order chi connectivity index (χ1) is 10.7. The number of hydrogen-bond donors (Lipinski definition) is 0. The molecular weight excluding hydrogens is 288 g/mol. The molecule has 0 unspecified atom stereocenters. The summed E-state index contributed by atoms with van der Waals surface area (Å²) in [5, 5.41) is 2.19. The number of aromatic nitrogens is 2. The zero-order chi connectivity index (χ0) is 15.5. The molecule has 1 aromatic heterocycles. The second-order valence-corrected chi connectivity index (χ2v) is 6.50. The average molecular weight is 308 g/mol. The van der Waals surface area contributed by atoms with E-state index in [1.54, 1.807) is 18.1 Å². The molecule has 0 aliphatic rings. The number of nitrogens with zero attached hydrogens (tertiary/aromatic N) is 2. The van der Waals surface area contributed by atoms with Gasteiger partial charge >= 0.3 is 0 Å². The molecule has 0 bridgehead atoms. The molecular formula is C19H20N2S. The van der Waals surface area contributed by atoms with E-state index in [0.717, 1.165) is 28.8 Å². The van der Waals surface area contributed by atoms with Crippen molar-refractivity contribution in [3.63, 3.8) is 0 Å². The Labute approximate surface area is 136 Å². The van der Waals surface area contributed by atoms with Crippen molar-refractivity contribution in [1.29, 1.82) is 0 Å². The quantitative estimate of drug-likeness (QED) is 0.618. The molecule has 0 radical (unpaired) electrons. The first-order valence-corrected chi connectivity index (χ1v) is 8.54.